The maximum absolute atomic E-state index is 16.7. The van der Waals surface area contributed by atoms with Crippen molar-refractivity contribution >= 4 is 57.4 Å². The number of nitrogens with zero attached hydrogens (tertiary/aromatic N) is 6. The zero-order valence-corrected chi connectivity index (χ0v) is 41.1. The molecule has 5 N–H and O–H groups in total. The van der Waals surface area contributed by atoms with Gasteiger partial charge in [0.1, 0.15) is 29.4 Å². The van der Waals surface area contributed by atoms with Gasteiger partial charge in [-0.05, 0) is 131 Å². The zero-order chi connectivity index (χ0) is 49.7. The summed E-state index contributed by atoms with van der Waals surface area (Å²) >= 11 is 0. The smallest absolute Gasteiger partial charge is 0.407 e. The SMILES string of the molecule is COC(=O)N[C@H](C(=O)N1CCC[C@H]1c1nc2ccc([C@H]3CC[C@H](c4ccc5nc([C@@H]6CCCN6C(=O)[C@@H](NC(=O)O)C(C)C)[nH]c5c4)N3c3cc(F)c(N4[C@H](C)CCC[C@@H]4C)c(F)c3)cc2[nH]1)C(C)C. The highest BCUT2D eigenvalue weighted by atomic mass is 19.1. The number of imidazole rings is 2. The second-order valence-electron chi connectivity index (χ2n) is 20.5. The van der Waals surface area contributed by atoms with Gasteiger partial charge in [-0.25, -0.2) is 28.3 Å². The van der Waals surface area contributed by atoms with Gasteiger partial charge in [-0.3, -0.25) is 9.59 Å². The molecule has 4 fully saturated rings. The van der Waals surface area contributed by atoms with Crippen molar-refractivity contribution in [2.45, 2.75) is 148 Å². The van der Waals surface area contributed by atoms with Gasteiger partial charge in [0.2, 0.25) is 11.8 Å². The number of amides is 4. The molecule has 6 heterocycles. The number of carboxylic acid groups (broad SMARTS) is 1. The average Bonchev–Trinajstić information content (AvgIpc) is 4.18. The predicted octanol–water partition coefficient (Wildman–Crippen LogP) is 9.57. The number of H-pyrrole nitrogens is 2. The van der Waals surface area contributed by atoms with Crippen LogP contribution in [0.2, 0.25) is 0 Å². The molecule has 3 aromatic carbocycles. The van der Waals surface area contributed by atoms with Gasteiger partial charge in [-0.1, -0.05) is 39.8 Å². The molecule has 2 aromatic heterocycles. The molecule has 70 heavy (non-hydrogen) atoms. The minimum Gasteiger partial charge on any atom is -0.465 e. The van der Waals surface area contributed by atoms with Crippen LogP contribution in [0.4, 0.5) is 29.7 Å². The second kappa shape index (κ2) is 19.7. The minimum absolute atomic E-state index is 0.00619. The molecule has 0 spiro atoms. The van der Waals surface area contributed by atoms with Gasteiger partial charge >= 0.3 is 12.2 Å². The Hall–Kier alpha value is -6.46. The molecule has 0 unspecified atom stereocenters. The van der Waals surface area contributed by atoms with E-state index >= 15 is 8.78 Å². The number of methoxy groups -OCH3 is 1. The number of nitrogens with one attached hydrogen (secondary N) is 4. The van der Waals surface area contributed by atoms with Gasteiger partial charge in [0.25, 0.3) is 0 Å². The number of aromatic amines is 2. The lowest BCUT2D eigenvalue weighted by molar-refractivity contribution is -0.136. The van der Waals surface area contributed by atoms with Crippen molar-refractivity contribution < 1.29 is 37.8 Å². The van der Waals surface area contributed by atoms with E-state index in [1.54, 1.807) is 9.80 Å². The molecule has 18 heteroatoms. The van der Waals surface area contributed by atoms with Crippen molar-refractivity contribution in [2.75, 3.05) is 30.0 Å². The van der Waals surface area contributed by atoms with Gasteiger partial charge in [0, 0.05) is 30.9 Å². The molecule has 8 atom stereocenters. The first-order valence-electron chi connectivity index (χ1n) is 25.0. The lowest BCUT2D eigenvalue weighted by Gasteiger charge is -2.41. The topological polar surface area (TPSA) is 192 Å². The molecule has 374 valence electrons. The van der Waals surface area contributed by atoms with Crippen LogP contribution in [0.5, 0.6) is 0 Å². The number of alkyl carbamates (subject to hydrolysis) is 1. The fraction of sp³-hybridized carbons (Fsp3) is 0.538. The summed E-state index contributed by atoms with van der Waals surface area (Å²) in [5.74, 6) is -0.849. The Morgan fingerprint density at radius 3 is 1.57 bits per heavy atom. The van der Waals surface area contributed by atoms with E-state index in [2.05, 4.69) is 31.6 Å². The first kappa shape index (κ1) is 48.6. The molecule has 4 aliphatic rings. The van der Waals surface area contributed by atoms with Crippen LogP contribution >= 0.6 is 0 Å². The standard InChI is InChI=1S/C52H66F2N10O6/c1-27(2)44(59-51(67)68)49(65)61-21-9-13-42(61)47-55-36-17-15-31(23-38(36)57-47)40-19-20-41(64(40)33-25-34(53)46(35(54)26-33)63-29(5)11-8-12-30(63)6)32-16-18-37-39(24-32)58-48(56-37)43-14-10-22-62(43)50(66)45(28(3)4)60-52(69)70-7/h15-18,23-30,40-45,59H,8-14,19-22H2,1-7H3,(H,55,57)(H,56,58)(H,60,69)(H,67,68)/t29-,30+,40-,41-,42+,43+,44+,45+/m1/s1. The molecule has 4 aliphatic heterocycles. The molecule has 4 saturated heterocycles. The number of hydrogen-bond acceptors (Lipinski definition) is 9. The molecule has 0 saturated carbocycles. The third-order valence-corrected chi connectivity index (χ3v) is 15.3. The number of halogens is 2. The summed E-state index contributed by atoms with van der Waals surface area (Å²) in [7, 11) is 1.27. The van der Waals surface area contributed by atoms with Gasteiger partial charge < -0.3 is 50.0 Å². The van der Waals surface area contributed by atoms with Crippen LogP contribution < -0.4 is 20.4 Å². The predicted molar refractivity (Wildman–Crippen MR) is 262 cm³/mol. The summed E-state index contributed by atoms with van der Waals surface area (Å²) < 4.78 is 38.3. The Labute approximate surface area is 406 Å². The molecule has 16 nitrogen and oxygen atoms in total. The summed E-state index contributed by atoms with van der Waals surface area (Å²) in [6.07, 6.45) is 5.02. The van der Waals surface area contributed by atoms with Crippen LogP contribution in [0.25, 0.3) is 22.1 Å². The normalized spacial score (nSPS) is 23.8. The van der Waals surface area contributed by atoms with Gasteiger partial charge in [-0.15, -0.1) is 0 Å². The molecule has 0 bridgehead atoms. The van der Waals surface area contributed by atoms with Crippen molar-refractivity contribution in [1.82, 2.24) is 40.4 Å². The van der Waals surface area contributed by atoms with E-state index in [0.29, 0.717) is 61.6 Å². The van der Waals surface area contributed by atoms with E-state index in [-0.39, 0.29) is 65.6 Å². The monoisotopic (exact) mass is 965 g/mol. The summed E-state index contributed by atoms with van der Waals surface area (Å²) in [5.41, 5.74) is 5.25. The van der Waals surface area contributed by atoms with E-state index in [1.165, 1.54) is 19.2 Å². The number of carbonyl (C=O) groups excluding carboxylic acids is 3. The van der Waals surface area contributed by atoms with Crippen LogP contribution in [-0.4, -0.2) is 103 Å². The summed E-state index contributed by atoms with van der Waals surface area (Å²) in [6, 6.07) is 12.0. The van der Waals surface area contributed by atoms with Crippen molar-refractivity contribution in [3.63, 3.8) is 0 Å². The summed E-state index contributed by atoms with van der Waals surface area (Å²) in [6.45, 7) is 12.4. The maximum atomic E-state index is 16.7. The van der Waals surface area contributed by atoms with Gasteiger partial charge in [0.05, 0.1) is 53.3 Å². The van der Waals surface area contributed by atoms with Crippen LogP contribution in [-0.2, 0) is 14.3 Å². The van der Waals surface area contributed by atoms with Crippen molar-refractivity contribution in [2.24, 2.45) is 11.8 Å². The number of likely N-dealkylation sites (tertiary alicyclic amines) is 2. The van der Waals surface area contributed by atoms with Crippen LogP contribution in [0.3, 0.4) is 0 Å². The van der Waals surface area contributed by atoms with Crippen molar-refractivity contribution in [1.29, 1.82) is 0 Å². The second-order valence-corrected chi connectivity index (χ2v) is 20.5. The van der Waals surface area contributed by atoms with E-state index in [9.17, 15) is 24.3 Å². The Bertz CT molecular complexity index is 2740. The highest BCUT2D eigenvalue weighted by molar-refractivity contribution is 5.87. The summed E-state index contributed by atoms with van der Waals surface area (Å²) in [4.78, 5) is 76.0. The molecular weight excluding hydrogens is 899 g/mol. The Kier molecular flexibility index (Phi) is 13.7. The van der Waals surface area contributed by atoms with E-state index in [0.717, 1.165) is 59.8 Å². The lowest BCUT2D eigenvalue weighted by Crippen LogP contribution is -2.51. The number of anilines is 2. The van der Waals surface area contributed by atoms with Gasteiger partial charge in [-0.2, -0.15) is 0 Å². The van der Waals surface area contributed by atoms with Crippen LogP contribution in [0.15, 0.2) is 48.5 Å². The third kappa shape index (κ3) is 9.20. The number of piperidine rings is 1. The Morgan fingerprint density at radius 2 is 1.13 bits per heavy atom. The number of hydrogen-bond donors (Lipinski definition) is 5. The molecule has 4 amide bonds. The summed E-state index contributed by atoms with van der Waals surface area (Å²) in [5, 5.41) is 14.6. The zero-order valence-electron chi connectivity index (χ0n) is 41.1. The number of fused-ring (bicyclic) bond motifs is 2. The number of ether oxygens (including phenoxy) is 1. The third-order valence-electron chi connectivity index (χ3n) is 15.3. The Balaban J connectivity index is 1.05. The largest absolute Gasteiger partial charge is 0.465 e. The van der Waals surface area contributed by atoms with Crippen molar-refractivity contribution in [3.8, 4) is 0 Å². The number of benzene rings is 3. The van der Waals surface area contributed by atoms with Crippen LogP contribution in [0, 0.1) is 23.5 Å². The number of aromatic nitrogens is 4. The highest BCUT2D eigenvalue weighted by Crippen LogP contribution is 2.49. The molecule has 5 aromatic rings. The van der Waals surface area contributed by atoms with Crippen molar-refractivity contribution in [3.05, 3.63) is 82.9 Å². The minimum atomic E-state index is -1.25. The molecule has 0 aliphatic carbocycles. The fourth-order valence-corrected chi connectivity index (χ4v) is 11.8. The number of rotatable bonds is 12. The van der Waals surface area contributed by atoms with E-state index in [4.69, 9.17) is 14.7 Å². The van der Waals surface area contributed by atoms with E-state index in [1.807, 2.05) is 76.8 Å². The fourth-order valence-electron chi connectivity index (χ4n) is 11.8. The highest BCUT2D eigenvalue weighted by Gasteiger charge is 2.41. The van der Waals surface area contributed by atoms with Gasteiger partial charge in [0.15, 0.2) is 11.6 Å². The maximum Gasteiger partial charge on any atom is 0.407 e. The van der Waals surface area contributed by atoms with Crippen LogP contribution in [0.1, 0.15) is 146 Å². The number of carbonyl (C=O) groups is 4. The molecule has 0 radical (unpaired) electrons. The average molecular weight is 965 g/mol. The van der Waals surface area contributed by atoms with E-state index < -0.39 is 35.9 Å². The molecule has 9 rings (SSSR count). The first-order chi connectivity index (χ1) is 33.5. The first-order valence-corrected chi connectivity index (χ1v) is 25.0. The molecular formula is C52H66F2N10O6. The lowest BCUT2D eigenvalue weighted by atomic mass is 9.96. The quantitative estimate of drug-likeness (QED) is 0.0805. The Morgan fingerprint density at radius 1 is 0.657 bits per heavy atom.